The van der Waals surface area contributed by atoms with Gasteiger partial charge in [0, 0.05) is 19.4 Å². The number of esters is 2. The quantitative estimate of drug-likeness (QED) is 0.0849. The van der Waals surface area contributed by atoms with E-state index in [9.17, 15) is 14.2 Å². The van der Waals surface area contributed by atoms with Crippen LogP contribution in [0.3, 0.4) is 0 Å². The van der Waals surface area contributed by atoms with Gasteiger partial charge in [0.15, 0.2) is 18.5 Å². The van der Waals surface area contributed by atoms with Gasteiger partial charge >= 0.3 is 19.8 Å². The van der Waals surface area contributed by atoms with E-state index in [1.165, 1.54) is 0 Å². The van der Waals surface area contributed by atoms with Gasteiger partial charge in [0.2, 0.25) is 0 Å². The highest BCUT2D eigenvalue weighted by Crippen LogP contribution is 2.50. The van der Waals surface area contributed by atoms with Crippen LogP contribution in [-0.4, -0.2) is 109 Å². The molecule has 1 heterocycles. The van der Waals surface area contributed by atoms with Crippen LogP contribution < -0.4 is 5.32 Å². The van der Waals surface area contributed by atoms with Crippen molar-refractivity contribution >= 4 is 19.8 Å². The Morgan fingerprint density at radius 3 is 2.10 bits per heavy atom. The van der Waals surface area contributed by atoms with Gasteiger partial charge in [-0.1, -0.05) is 26.7 Å². The van der Waals surface area contributed by atoms with Crippen LogP contribution in [0, 0.1) is 11.3 Å². The van der Waals surface area contributed by atoms with E-state index in [0.29, 0.717) is 30.4 Å². The second-order valence-electron chi connectivity index (χ2n) is 10.5. The smallest absolute Gasteiger partial charge is 0.455 e. The van der Waals surface area contributed by atoms with Crippen molar-refractivity contribution in [3.63, 3.8) is 0 Å². The fourth-order valence-electron chi connectivity index (χ4n) is 3.47. The Hall–Kier alpha value is -1.62. The molecule has 1 aliphatic heterocycles. The van der Waals surface area contributed by atoms with Gasteiger partial charge in [-0.2, -0.15) is 5.26 Å². The van der Waals surface area contributed by atoms with Crippen LogP contribution in [0.25, 0.3) is 0 Å². The maximum Gasteiger partial charge on any atom is 0.475 e. The Balaban J connectivity index is 3.14. The molecular formula is C26H49N3O10P+. The summed E-state index contributed by atoms with van der Waals surface area (Å²) in [7, 11) is 3.50. The standard InChI is InChI=1S/C26H49N3O10P/c1-7-9-12-22(30)38-24-21(20-36-40(32,34-17-11-14-27)35-19-16-29(4,5)6)37-26(33-18-15-28-3)25(24)39-23(31)13-10-8-2/h21,24-26,28H,7-13,15-20H2,1-6H3/q+1/t21?,24-,25-,26-,40?/m1/s1. The van der Waals surface area contributed by atoms with E-state index >= 15 is 0 Å². The van der Waals surface area contributed by atoms with Crippen LogP contribution in [0.1, 0.15) is 58.8 Å². The largest absolute Gasteiger partial charge is 0.475 e. The number of nitriles is 1. The highest BCUT2D eigenvalue weighted by Gasteiger charge is 2.51. The molecule has 13 nitrogen and oxygen atoms in total. The van der Waals surface area contributed by atoms with E-state index in [1.54, 1.807) is 7.05 Å². The first-order valence-corrected chi connectivity index (χ1v) is 15.5. The third-order valence-electron chi connectivity index (χ3n) is 5.78. The second kappa shape index (κ2) is 19.5. The van der Waals surface area contributed by atoms with Crippen molar-refractivity contribution in [2.45, 2.75) is 83.4 Å². The molecule has 0 radical (unpaired) electrons. The van der Waals surface area contributed by atoms with Crippen LogP contribution >= 0.6 is 7.82 Å². The van der Waals surface area contributed by atoms with E-state index < -0.39 is 44.4 Å². The first kappa shape index (κ1) is 36.4. The van der Waals surface area contributed by atoms with Crippen molar-refractivity contribution in [1.29, 1.82) is 5.26 Å². The molecule has 14 heteroatoms. The zero-order valence-electron chi connectivity index (χ0n) is 24.9. The summed E-state index contributed by atoms with van der Waals surface area (Å²) in [6.45, 7) is 4.71. The van der Waals surface area contributed by atoms with Crippen molar-refractivity contribution in [2.75, 3.05) is 67.7 Å². The number of likely N-dealkylation sites (N-methyl/N-ethyl adjacent to an activating group) is 2. The van der Waals surface area contributed by atoms with E-state index in [-0.39, 0.29) is 45.7 Å². The number of phosphoric acid groups is 1. The molecule has 232 valence electrons. The van der Waals surface area contributed by atoms with E-state index in [0.717, 1.165) is 12.8 Å². The number of hydrogen-bond donors (Lipinski definition) is 1. The fraction of sp³-hybridized carbons (Fsp3) is 0.885. The number of nitrogens with one attached hydrogen (secondary N) is 1. The van der Waals surface area contributed by atoms with Crippen LogP contribution in [0.5, 0.6) is 0 Å². The summed E-state index contributed by atoms with van der Waals surface area (Å²) in [5.41, 5.74) is 0. The lowest BCUT2D eigenvalue weighted by atomic mass is 10.1. The Bertz CT molecular complexity index is 833. The Kier molecular flexibility index (Phi) is 17.7. The molecule has 1 N–H and O–H groups in total. The van der Waals surface area contributed by atoms with Crippen LogP contribution in [0.15, 0.2) is 0 Å². The number of rotatable bonds is 22. The van der Waals surface area contributed by atoms with Gasteiger partial charge in [-0.15, -0.1) is 0 Å². The lowest BCUT2D eigenvalue weighted by Crippen LogP contribution is -2.42. The van der Waals surface area contributed by atoms with Crippen LogP contribution in [0.2, 0.25) is 0 Å². The van der Waals surface area contributed by atoms with Crippen LogP contribution in [0.4, 0.5) is 0 Å². The number of phosphoric ester groups is 1. The van der Waals surface area contributed by atoms with Gasteiger partial charge < -0.3 is 28.7 Å². The molecule has 1 saturated heterocycles. The van der Waals surface area contributed by atoms with Gasteiger partial charge in [-0.25, -0.2) is 4.57 Å². The minimum Gasteiger partial charge on any atom is -0.455 e. The number of hydrogen-bond acceptors (Lipinski definition) is 12. The van der Waals surface area contributed by atoms with Crippen molar-refractivity contribution in [1.82, 2.24) is 5.32 Å². The Morgan fingerprint density at radius 1 is 0.950 bits per heavy atom. The Morgan fingerprint density at radius 2 is 1.55 bits per heavy atom. The average molecular weight is 595 g/mol. The van der Waals surface area contributed by atoms with Crippen molar-refractivity contribution < 1.29 is 51.2 Å². The molecule has 2 unspecified atom stereocenters. The zero-order valence-corrected chi connectivity index (χ0v) is 25.8. The summed E-state index contributed by atoms with van der Waals surface area (Å²) in [6.07, 6.45) is -0.965. The summed E-state index contributed by atoms with van der Waals surface area (Å²) >= 11 is 0. The fourth-order valence-corrected chi connectivity index (χ4v) is 4.65. The molecule has 0 bridgehead atoms. The summed E-state index contributed by atoms with van der Waals surface area (Å²) in [5.74, 6) is -0.957. The topological polar surface area (TPSA) is 152 Å². The summed E-state index contributed by atoms with van der Waals surface area (Å²) in [6, 6.07) is 1.92. The van der Waals surface area contributed by atoms with E-state index in [4.69, 9.17) is 37.8 Å². The number of quaternary nitrogens is 1. The number of unbranched alkanes of at least 4 members (excludes halogenated alkanes) is 2. The highest BCUT2D eigenvalue weighted by molar-refractivity contribution is 7.48. The normalized spacial score (nSPS) is 22.4. The molecule has 0 saturated carbocycles. The summed E-state index contributed by atoms with van der Waals surface area (Å²) < 4.78 is 53.7. The highest BCUT2D eigenvalue weighted by atomic mass is 31.2. The minimum atomic E-state index is -4.11. The molecular weight excluding hydrogens is 545 g/mol. The molecule has 0 spiro atoms. The van der Waals surface area contributed by atoms with E-state index in [2.05, 4.69) is 5.32 Å². The lowest BCUT2D eigenvalue weighted by molar-refractivity contribution is -0.870. The molecule has 0 aromatic heterocycles. The first-order valence-electron chi connectivity index (χ1n) is 14.0. The zero-order chi connectivity index (χ0) is 30.0. The maximum atomic E-state index is 13.4. The molecule has 0 amide bonds. The minimum absolute atomic E-state index is 0.0131. The molecule has 0 aromatic carbocycles. The second-order valence-corrected chi connectivity index (χ2v) is 12.1. The lowest BCUT2D eigenvalue weighted by Gasteiger charge is -2.26. The van der Waals surface area contributed by atoms with Crippen molar-refractivity contribution in [3.8, 4) is 6.07 Å². The predicted molar refractivity (Wildman–Crippen MR) is 146 cm³/mol. The van der Waals surface area contributed by atoms with Gasteiger partial charge in [0.05, 0.1) is 53.5 Å². The molecule has 1 fully saturated rings. The van der Waals surface area contributed by atoms with Gasteiger partial charge in [0.1, 0.15) is 19.3 Å². The molecule has 5 atom stereocenters. The van der Waals surface area contributed by atoms with Crippen LogP contribution in [-0.2, 0) is 46.7 Å². The number of ether oxygens (including phenoxy) is 4. The summed E-state index contributed by atoms with van der Waals surface area (Å²) in [4.78, 5) is 25.2. The summed E-state index contributed by atoms with van der Waals surface area (Å²) in [5, 5.41) is 11.8. The van der Waals surface area contributed by atoms with Crippen molar-refractivity contribution in [2.24, 2.45) is 0 Å². The van der Waals surface area contributed by atoms with Gasteiger partial charge in [-0.05, 0) is 19.9 Å². The number of carbonyl (C=O) groups excluding carboxylic acids is 2. The van der Waals surface area contributed by atoms with E-state index in [1.807, 2.05) is 41.1 Å². The third-order valence-corrected chi connectivity index (χ3v) is 7.24. The molecule has 1 rings (SSSR count). The predicted octanol–water partition coefficient (Wildman–Crippen LogP) is 2.93. The average Bonchev–Trinajstić information content (AvgIpc) is 3.20. The molecule has 0 aliphatic carbocycles. The SMILES string of the molecule is CCCCC(=O)O[C@H]1[C@H](OCCNC)OC(COP(=O)(OCCC#N)OCC[N+](C)(C)C)[C@H]1OC(=O)CCCC. The van der Waals surface area contributed by atoms with Gasteiger partial charge in [-0.3, -0.25) is 23.2 Å². The number of nitrogens with zero attached hydrogens (tertiary/aromatic N) is 2. The third kappa shape index (κ3) is 14.8. The monoisotopic (exact) mass is 594 g/mol. The molecule has 40 heavy (non-hydrogen) atoms. The Labute approximate surface area is 238 Å². The molecule has 1 aliphatic rings. The molecule has 0 aromatic rings. The maximum absolute atomic E-state index is 13.4. The first-order chi connectivity index (χ1) is 19.0. The van der Waals surface area contributed by atoms with Crippen molar-refractivity contribution in [3.05, 3.63) is 0 Å². The van der Waals surface area contributed by atoms with Gasteiger partial charge in [0.25, 0.3) is 0 Å². The number of carbonyl (C=O) groups is 2.